The molecule has 0 unspecified atom stereocenters. The molecule has 0 fully saturated rings. The molecule has 1 amide bonds. The Morgan fingerprint density at radius 1 is 1.14 bits per heavy atom. The Morgan fingerprint density at radius 3 is 2.66 bits per heavy atom. The number of para-hydroxylation sites is 1. The van der Waals surface area contributed by atoms with Crippen LogP contribution in [0, 0.1) is 0 Å². The molecule has 2 aromatic carbocycles. The molecule has 29 heavy (non-hydrogen) atoms. The summed E-state index contributed by atoms with van der Waals surface area (Å²) in [4.78, 5) is 21.3. The van der Waals surface area contributed by atoms with Gasteiger partial charge in [0, 0.05) is 23.7 Å². The minimum absolute atomic E-state index is 0.256. The number of hydrogen-bond donors (Lipinski definition) is 2. The fourth-order valence-electron chi connectivity index (χ4n) is 2.97. The van der Waals surface area contributed by atoms with Gasteiger partial charge in [0.15, 0.2) is 0 Å². The molecule has 1 aliphatic rings. The summed E-state index contributed by atoms with van der Waals surface area (Å²) in [6.07, 6.45) is 0.537. The summed E-state index contributed by atoms with van der Waals surface area (Å²) < 4.78 is 5.08. The quantitative estimate of drug-likeness (QED) is 0.589. The fourth-order valence-corrected chi connectivity index (χ4v) is 3.45. The summed E-state index contributed by atoms with van der Waals surface area (Å²) in [5.41, 5.74) is 2.89. The number of ether oxygens (including phenoxy) is 1. The molecule has 1 aliphatic heterocycles. The number of amidine groups is 1. The van der Waals surface area contributed by atoms with E-state index in [4.69, 9.17) is 27.9 Å². The van der Waals surface area contributed by atoms with Crippen molar-refractivity contribution in [3.05, 3.63) is 75.8 Å². The Morgan fingerprint density at radius 2 is 1.90 bits per heavy atom. The molecule has 0 radical (unpaired) electrons. The predicted octanol–water partition coefficient (Wildman–Crippen LogP) is 5.35. The molecule has 146 valence electrons. The second-order valence-corrected chi connectivity index (χ2v) is 7.14. The summed E-state index contributed by atoms with van der Waals surface area (Å²) >= 11 is 12.4. The van der Waals surface area contributed by atoms with Crippen molar-refractivity contribution in [2.24, 2.45) is 4.99 Å². The Bertz CT molecular complexity index is 1110. The van der Waals surface area contributed by atoms with Gasteiger partial charge in [0.1, 0.15) is 17.3 Å². The first-order valence-corrected chi connectivity index (χ1v) is 9.53. The lowest BCUT2D eigenvalue weighted by atomic mass is 10.1. The number of fused-ring (bicyclic) bond motifs is 1. The lowest BCUT2D eigenvalue weighted by molar-refractivity contribution is 0.102. The van der Waals surface area contributed by atoms with Crippen LogP contribution in [0.1, 0.15) is 15.9 Å². The van der Waals surface area contributed by atoms with E-state index in [9.17, 15) is 4.79 Å². The van der Waals surface area contributed by atoms with Crippen LogP contribution < -0.4 is 15.4 Å². The Hall–Kier alpha value is -3.09. The number of benzene rings is 2. The van der Waals surface area contributed by atoms with Crippen LogP contribution in [0.15, 0.2) is 59.6 Å². The van der Waals surface area contributed by atoms with Gasteiger partial charge in [-0.1, -0.05) is 35.3 Å². The number of carbonyl (C=O) groups excluding carboxylic acids is 1. The summed E-state index contributed by atoms with van der Waals surface area (Å²) in [6.45, 7) is 0. The number of aliphatic imine (C=N–C) groups is 1. The summed E-state index contributed by atoms with van der Waals surface area (Å²) in [5, 5.41) is 6.98. The van der Waals surface area contributed by atoms with Crippen LogP contribution in [0.25, 0.3) is 0 Å². The van der Waals surface area contributed by atoms with Crippen molar-refractivity contribution in [1.82, 2.24) is 4.98 Å². The van der Waals surface area contributed by atoms with Gasteiger partial charge in [0.2, 0.25) is 5.88 Å². The highest BCUT2D eigenvalue weighted by atomic mass is 35.5. The monoisotopic (exact) mass is 426 g/mol. The molecule has 2 N–H and O–H groups in total. The van der Waals surface area contributed by atoms with E-state index in [2.05, 4.69) is 20.6 Å². The predicted molar refractivity (Wildman–Crippen MR) is 116 cm³/mol. The molecule has 4 rings (SSSR count). The van der Waals surface area contributed by atoms with Crippen LogP contribution in [0.5, 0.6) is 5.88 Å². The number of carbonyl (C=O) groups is 1. The van der Waals surface area contributed by atoms with Crippen molar-refractivity contribution >= 4 is 52.1 Å². The molecule has 2 heterocycles. The van der Waals surface area contributed by atoms with Crippen molar-refractivity contribution in [1.29, 1.82) is 0 Å². The average Bonchev–Trinajstić information content (AvgIpc) is 3.12. The summed E-state index contributed by atoms with van der Waals surface area (Å²) in [6, 6.07) is 15.8. The van der Waals surface area contributed by atoms with E-state index < -0.39 is 0 Å². The largest absolute Gasteiger partial charge is 0.481 e. The lowest BCUT2D eigenvalue weighted by Gasteiger charge is -2.07. The molecule has 0 saturated carbocycles. The average molecular weight is 427 g/mol. The van der Waals surface area contributed by atoms with Gasteiger partial charge in [-0.25, -0.2) is 4.99 Å². The summed E-state index contributed by atoms with van der Waals surface area (Å²) in [5.74, 6) is 1.30. The van der Waals surface area contributed by atoms with E-state index in [1.807, 2.05) is 12.1 Å². The Labute approximate surface area is 177 Å². The third-order valence-electron chi connectivity index (χ3n) is 4.36. The third-order valence-corrected chi connectivity index (χ3v) is 4.97. The minimum atomic E-state index is -0.256. The van der Waals surface area contributed by atoms with Crippen molar-refractivity contribution in [3.63, 3.8) is 0 Å². The van der Waals surface area contributed by atoms with Crippen LogP contribution in [0.3, 0.4) is 0 Å². The highest BCUT2D eigenvalue weighted by molar-refractivity contribution is 6.39. The zero-order chi connectivity index (χ0) is 20.4. The van der Waals surface area contributed by atoms with E-state index in [0.717, 1.165) is 11.3 Å². The van der Waals surface area contributed by atoms with E-state index >= 15 is 0 Å². The zero-order valence-corrected chi connectivity index (χ0v) is 16.9. The second kappa shape index (κ2) is 8.11. The summed E-state index contributed by atoms with van der Waals surface area (Å²) in [7, 11) is 1.52. The lowest BCUT2D eigenvalue weighted by Crippen LogP contribution is -2.13. The number of hydrogen-bond acceptors (Lipinski definition) is 4. The number of amides is 1. The number of anilines is 2. The number of nitrogens with zero attached hydrogens (tertiary/aromatic N) is 2. The maximum atomic E-state index is 12.6. The van der Waals surface area contributed by atoms with Crippen LogP contribution in [0.2, 0.25) is 10.0 Å². The normalized spacial score (nSPS) is 13.7. The molecule has 0 spiro atoms. The van der Waals surface area contributed by atoms with E-state index in [1.165, 1.54) is 7.11 Å². The van der Waals surface area contributed by atoms with E-state index in [-0.39, 0.29) is 5.91 Å². The zero-order valence-electron chi connectivity index (χ0n) is 15.4. The standard InChI is InChI=1S/C21H16Cl2N4O2/c1-29-19-7-3-6-17(25-19)27-21(28)12-8-9-16-13(10-12)11-18(24-16)26-20-14(22)4-2-5-15(20)23/h2-10H,11H2,1H3,(H,24,26)(H,25,27,28). The highest BCUT2D eigenvalue weighted by Gasteiger charge is 2.19. The van der Waals surface area contributed by atoms with Gasteiger partial charge in [-0.2, -0.15) is 4.98 Å². The van der Waals surface area contributed by atoms with Gasteiger partial charge in [0.05, 0.1) is 17.2 Å². The van der Waals surface area contributed by atoms with E-state index in [0.29, 0.717) is 45.3 Å². The number of aromatic nitrogens is 1. The molecular formula is C21H16Cl2N4O2. The van der Waals surface area contributed by atoms with Gasteiger partial charge in [-0.3, -0.25) is 4.79 Å². The third kappa shape index (κ3) is 4.18. The molecule has 0 atom stereocenters. The van der Waals surface area contributed by atoms with Gasteiger partial charge < -0.3 is 15.4 Å². The van der Waals surface area contributed by atoms with Crippen molar-refractivity contribution in [2.75, 3.05) is 17.7 Å². The minimum Gasteiger partial charge on any atom is -0.481 e. The first kappa shape index (κ1) is 19.2. The number of rotatable bonds is 4. The topological polar surface area (TPSA) is 75.6 Å². The molecule has 6 nitrogen and oxygen atoms in total. The van der Waals surface area contributed by atoms with Gasteiger partial charge >= 0.3 is 0 Å². The molecule has 0 saturated heterocycles. The maximum absolute atomic E-state index is 12.6. The van der Waals surface area contributed by atoms with E-state index in [1.54, 1.807) is 42.5 Å². The highest BCUT2D eigenvalue weighted by Crippen LogP contribution is 2.34. The number of pyridine rings is 1. The first-order valence-electron chi connectivity index (χ1n) is 8.77. The van der Waals surface area contributed by atoms with Crippen LogP contribution in [-0.2, 0) is 6.42 Å². The molecule has 0 aliphatic carbocycles. The Kier molecular flexibility index (Phi) is 5.38. The van der Waals surface area contributed by atoms with Gasteiger partial charge in [-0.05, 0) is 42.0 Å². The number of halogens is 2. The van der Waals surface area contributed by atoms with Crippen LogP contribution in [0.4, 0.5) is 17.2 Å². The van der Waals surface area contributed by atoms with Crippen molar-refractivity contribution < 1.29 is 9.53 Å². The molecule has 1 aromatic heterocycles. The smallest absolute Gasteiger partial charge is 0.256 e. The molecule has 8 heteroatoms. The fraction of sp³-hybridized carbons (Fsp3) is 0.0952. The first-order chi connectivity index (χ1) is 14.0. The second-order valence-electron chi connectivity index (χ2n) is 6.32. The molecule has 0 bridgehead atoms. The van der Waals surface area contributed by atoms with Crippen molar-refractivity contribution in [3.8, 4) is 5.88 Å². The molecule has 3 aromatic rings. The number of nitrogens with one attached hydrogen (secondary N) is 2. The van der Waals surface area contributed by atoms with Crippen LogP contribution >= 0.6 is 23.2 Å². The SMILES string of the molecule is COc1cccc(NC(=O)c2ccc3c(c2)CC(=Nc2c(Cl)cccc2Cl)N3)n1. The van der Waals surface area contributed by atoms with Gasteiger partial charge in [-0.15, -0.1) is 0 Å². The molecular weight excluding hydrogens is 411 g/mol. The van der Waals surface area contributed by atoms with Crippen LogP contribution in [-0.4, -0.2) is 23.8 Å². The number of methoxy groups -OCH3 is 1. The maximum Gasteiger partial charge on any atom is 0.256 e. The Balaban J connectivity index is 1.53. The van der Waals surface area contributed by atoms with Crippen molar-refractivity contribution in [2.45, 2.75) is 6.42 Å². The van der Waals surface area contributed by atoms with Gasteiger partial charge in [0.25, 0.3) is 5.91 Å².